The molecule has 1 aliphatic heterocycles. The van der Waals surface area contributed by atoms with Crippen LogP contribution in [0.15, 0.2) is 20.6 Å². The Bertz CT molecular complexity index is 836. The molecule has 0 saturated carbocycles. The maximum atomic E-state index is 12.0. The second-order valence-corrected chi connectivity index (χ2v) is 6.97. The summed E-state index contributed by atoms with van der Waals surface area (Å²) in [5.41, 5.74) is -0.0990. The van der Waals surface area contributed by atoms with Crippen LogP contribution < -0.4 is 11.2 Å². The molecular weight excluding hydrogens is 328 g/mol. The van der Waals surface area contributed by atoms with Crippen molar-refractivity contribution in [3.05, 3.63) is 37.5 Å². The van der Waals surface area contributed by atoms with Crippen LogP contribution in [0.4, 0.5) is 0 Å². The molecule has 1 fully saturated rings. The van der Waals surface area contributed by atoms with Crippen LogP contribution in [0, 0.1) is 12.3 Å². The van der Waals surface area contributed by atoms with Gasteiger partial charge in [-0.3, -0.25) is 9.78 Å². The number of benzene rings is 1. The first kappa shape index (κ1) is 15.6. The minimum Gasteiger partial charge on any atom is -0.396 e. The van der Waals surface area contributed by atoms with Gasteiger partial charge in [0.05, 0.1) is 40.6 Å². The largest absolute Gasteiger partial charge is 0.396 e. The highest BCUT2D eigenvalue weighted by Crippen LogP contribution is 2.40. The van der Waals surface area contributed by atoms with Gasteiger partial charge in [-0.15, -0.1) is 11.8 Å². The standard InChI is InChI=1S/C14H15ClN2O4S/c1-7-2-8-10(16-13(20)17-12(8)19)11(9(7)15)22-6-14(3-18)4-21-5-14/h2,18H,3-6H2,1H3,(H2,16,17,19,20). The second-order valence-electron chi connectivity index (χ2n) is 5.61. The van der Waals surface area contributed by atoms with Crippen molar-refractivity contribution in [1.82, 2.24) is 9.97 Å². The van der Waals surface area contributed by atoms with E-state index in [0.29, 0.717) is 39.8 Å². The van der Waals surface area contributed by atoms with Gasteiger partial charge in [-0.05, 0) is 18.6 Å². The summed E-state index contributed by atoms with van der Waals surface area (Å²) in [6.07, 6.45) is 0. The van der Waals surface area contributed by atoms with E-state index in [9.17, 15) is 14.7 Å². The lowest BCUT2D eigenvalue weighted by Crippen LogP contribution is -2.47. The van der Waals surface area contributed by atoms with Gasteiger partial charge in [-0.1, -0.05) is 11.6 Å². The predicted molar refractivity (Wildman–Crippen MR) is 86.0 cm³/mol. The van der Waals surface area contributed by atoms with E-state index in [4.69, 9.17) is 16.3 Å². The number of aliphatic hydroxyl groups excluding tert-OH is 1. The molecule has 1 aromatic carbocycles. The van der Waals surface area contributed by atoms with E-state index < -0.39 is 11.2 Å². The quantitative estimate of drug-likeness (QED) is 0.727. The summed E-state index contributed by atoms with van der Waals surface area (Å²) >= 11 is 7.78. The van der Waals surface area contributed by atoms with E-state index >= 15 is 0 Å². The molecule has 1 saturated heterocycles. The van der Waals surface area contributed by atoms with Gasteiger partial charge in [0, 0.05) is 11.2 Å². The van der Waals surface area contributed by atoms with Crippen molar-refractivity contribution in [2.75, 3.05) is 25.6 Å². The maximum Gasteiger partial charge on any atom is 0.326 e. The topological polar surface area (TPSA) is 95.2 Å². The summed E-state index contributed by atoms with van der Waals surface area (Å²) in [4.78, 5) is 29.0. The highest BCUT2D eigenvalue weighted by Gasteiger charge is 2.38. The molecule has 0 spiro atoms. The summed E-state index contributed by atoms with van der Waals surface area (Å²) in [6, 6.07) is 1.66. The van der Waals surface area contributed by atoms with E-state index in [1.807, 2.05) is 6.92 Å². The highest BCUT2D eigenvalue weighted by molar-refractivity contribution is 7.99. The zero-order valence-electron chi connectivity index (χ0n) is 11.9. The van der Waals surface area contributed by atoms with Crippen LogP contribution in [0.2, 0.25) is 5.02 Å². The summed E-state index contributed by atoms with van der Waals surface area (Å²) in [5, 5.41) is 10.4. The van der Waals surface area contributed by atoms with Crippen LogP contribution in [-0.2, 0) is 4.74 Å². The molecule has 3 rings (SSSR count). The van der Waals surface area contributed by atoms with E-state index in [1.54, 1.807) is 6.07 Å². The van der Waals surface area contributed by atoms with Crippen LogP contribution in [0.5, 0.6) is 0 Å². The second kappa shape index (κ2) is 5.73. The first-order chi connectivity index (χ1) is 10.5. The number of rotatable bonds is 4. The fourth-order valence-electron chi connectivity index (χ4n) is 2.35. The molecule has 2 heterocycles. The molecule has 118 valence electrons. The zero-order chi connectivity index (χ0) is 15.9. The number of aromatic nitrogens is 2. The molecular formula is C14H15ClN2O4S. The Labute approximate surface area is 134 Å². The molecule has 22 heavy (non-hydrogen) atoms. The lowest BCUT2D eigenvalue weighted by Gasteiger charge is -2.39. The van der Waals surface area contributed by atoms with Crippen LogP contribution in [-0.4, -0.2) is 40.6 Å². The zero-order valence-corrected chi connectivity index (χ0v) is 13.4. The molecule has 0 atom stereocenters. The van der Waals surface area contributed by atoms with E-state index in [0.717, 1.165) is 5.56 Å². The predicted octanol–water partition coefficient (Wildman–Crippen LogP) is 1.28. The number of aromatic amines is 2. The first-order valence-corrected chi connectivity index (χ1v) is 8.09. The number of thioether (sulfide) groups is 1. The third-order valence-electron chi connectivity index (χ3n) is 3.79. The van der Waals surface area contributed by atoms with Crippen molar-refractivity contribution in [3.8, 4) is 0 Å². The van der Waals surface area contributed by atoms with Gasteiger partial charge in [0.2, 0.25) is 0 Å². The Kier molecular flexibility index (Phi) is 4.07. The average Bonchev–Trinajstić information content (AvgIpc) is 2.43. The molecule has 1 aliphatic rings. The molecule has 6 nitrogen and oxygen atoms in total. The lowest BCUT2D eigenvalue weighted by molar-refractivity contribution is -0.121. The SMILES string of the molecule is Cc1cc2c(=O)[nH]c(=O)[nH]c2c(SCC2(CO)COC2)c1Cl. The van der Waals surface area contributed by atoms with Gasteiger partial charge < -0.3 is 14.8 Å². The molecule has 2 aromatic rings. The third-order valence-corrected chi connectivity index (χ3v) is 5.84. The number of aliphatic hydroxyl groups is 1. The lowest BCUT2D eigenvalue weighted by atomic mass is 9.90. The fraction of sp³-hybridized carbons (Fsp3) is 0.429. The van der Waals surface area contributed by atoms with Crippen molar-refractivity contribution >= 4 is 34.3 Å². The minimum atomic E-state index is -0.567. The van der Waals surface area contributed by atoms with Crippen molar-refractivity contribution in [3.63, 3.8) is 0 Å². The number of aryl methyl sites for hydroxylation is 1. The number of halogens is 1. The smallest absolute Gasteiger partial charge is 0.326 e. The number of hydrogen-bond donors (Lipinski definition) is 3. The number of ether oxygens (including phenoxy) is 1. The van der Waals surface area contributed by atoms with Crippen LogP contribution >= 0.6 is 23.4 Å². The first-order valence-electron chi connectivity index (χ1n) is 6.73. The van der Waals surface area contributed by atoms with E-state index in [1.165, 1.54) is 11.8 Å². The van der Waals surface area contributed by atoms with Crippen molar-refractivity contribution in [2.45, 2.75) is 11.8 Å². The van der Waals surface area contributed by atoms with Crippen LogP contribution in [0.3, 0.4) is 0 Å². The average molecular weight is 343 g/mol. The number of fused-ring (bicyclic) bond motifs is 1. The van der Waals surface area contributed by atoms with Crippen molar-refractivity contribution < 1.29 is 9.84 Å². The Morgan fingerprint density at radius 3 is 2.73 bits per heavy atom. The Morgan fingerprint density at radius 2 is 2.14 bits per heavy atom. The molecule has 0 bridgehead atoms. The number of nitrogens with one attached hydrogen (secondary N) is 2. The molecule has 0 amide bonds. The fourth-order valence-corrected chi connectivity index (χ4v) is 3.97. The molecule has 8 heteroatoms. The monoisotopic (exact) mass is 342 g/mol. The van der Waals surface area contributed by atoms with Gasteiger partial charge in [-0.2, -0.15) is 0 Å². The molecule has 0 aliphatic carbocycles. The van der Waals surface area contributed by atoms with Gasteiger partial charge in [0.1, 0.15) is 0 Å². The van der Waals surface area contributed by atoms with Crippen LogP contribution in [0.25, 0.3) is 10.9 Å². The van der Waals surface area contributed by atoms with E-state index in [-0.39, 0.29) is 12.0 Å². The summed E-state index contributed by atoms with van der Waals surface area (Å²) in [7, 11) is 0. The summed E-state index contributed by atoms with van der Waals surface area (Å²) < 4.78 is 5.18. The normalized spacial score (nSPS) is 16.7. The maximum absolute atomic E-state index is 12.0. The Morgan fingerprint density at radius 1 is 1.41 bits per heavy atom. The molecule has 1 aromatic heterocycles. The molecule has 0 unspecified atom stereocenters. The Balaban J connectivity index is 2.09. The van der Waals surface area contributed by atoms with Crippen LogP contribution in [0.1, 0.15) is 5.56 Å². The number of H-pyrrole nitrogens is 2. The Hall–Kier alpha value is -1.28. The number of hydrogen-bond acceptors (Lipinski definition) is 5. The van der Waals surface area contributed by atoms with Gasteiger partial charge in [0.25, 0.3) is 5.56 Å². The highest BCUT2D eigenvalue weighted by atomic mass is 35.5. The summed E-state index contributed by atoms with van der Waals surface area (Å²) in [6.45, 7) is 2.83. The van der Waals surface area contributed by atoms with E-state index in [2.05, 4.69) is 9.97 Å². The van der Waals surface area contributed by atoms with Crippen molar-refractivity contribution in [2.24, 2.45) is 5.41 Å². The van der Waals surface area contributed by atoms with Gasteiger partial charge in [0.15, 0.2) is 0 Å². The molecule has 0 radical (unpaired) electrons. The van der Waals surface area contributed by atoms with Gasteiger partial charge in [-0.25, -0.2) is 4.79 Å². The molecule has 3 N–H and O–H groups in total. The minimum absolute atomic E-state index is 0.0263. The summed E-state index contributed by atoms with van der Waals surface area (Å²) in [5.74, 6) is 0.594. The van der Waals surface area contributed by atoms with Crippen molar-refractivity contribution in [1.29, 1.82) is 0 Å². The van der Waals surface area contributed by atoms with Gasteiger partial charge >= 0.3 is 5.69 Å². The third kappa shape index (κ3) is 2.58.